The van der Waals surface area contributed by atoms with Crippen molar-refractivity contribution >= 4 is 40.1 Å². The Kier molecular flexibility index (Phi) is 3.38. The maximum atomic E-state index is 10.9. The van der Waals surface area contributed by atoms with Gasteiger partial charge in [-0.05, 0) is 34.7 Å². The Hall–Kier alpha value is -0.490. The average molecular weight is 312 g/mol. The molecule has 5 heteroatoms. The lowest BCUT2D eigenvalue weighted by Crippen LogP contribution is -2.12. The van der Waals surface area contributed by atoms with Gasteiger partial charge in [0.2, 0.25) is 5.91 Å². The van der Waals surface area contributed by atoms with E-state index in [1.54, 1.807) is 6.07 Å². The second-order valence-electron chi connectivity index (χ2n) is 2.33. The van der Waals surface area contributed by atoms with E-state index in [1.807, 2.05) is 22.6 Å². The predicted octanol–water partition coefficient (Wildman–Crippen LogP) is 2.05. The van der Waals surface area contributed by atoms with Gasteiger partial charge in [0.05, 0.1) is 17.7 Å². The smallest absolute Gasteiger partial charge is 0.249 e. The Morgan fingerprint density at radius 3 is 2.69 bits per heavy atom. The number of methoxy groups -OCH3 is 1. The summed E-state index contributed by atoms with van der Waals surface area (Å²) in [6.07, 6.45) is 0. The first kappa shape index (κ1) is 10.6. The number of ether oxygens (including phenoxy) is 1. The first-order valence-electron chi connectivity index (χ1n) is 3.39. The van der Waals surface area contributed by atoms with Gasteiger partial charge in [-0.2, -0.15) is 0 Å². The molecule has 0 spiro atoms. The van der Waals surface area contributed by atoms with Crippen molar-refractivity contribution in [2.75, 3.05) is 7.11 Å². The maximum absolute atomic E-state index is 10.9. The van der Waals surface area contributed by atoms with Crippen LogP contribution >= 0.6 is 34.2 Å². The lowest BCUT2D eigenvalue weighted by atomic mass is 10.2. The number of carbonyl (C=O) groups is 1. The monoisotopic (exact) mass is 311 g/mol. The number of halogens is 2. The van der Waals surface area contributed by atoms with Crippen LogP contribution in [-0.2, 0) is 0 Å². The van der Waals surface area contributed by atoms with Gasteiger partial charge in [0.1, 0.15) is 5.75 Å². The van der Waals surface area contributed by atoms with E-state index in [4.69, 9.17) is 22.1 Å². The lowest BCUT2D eigenvalue weighted by molar-refractivity contribution is 0.0999. The Bertz CT molecular complexity index is 354. The number of amides is 1. The topological polar surface area (TPSA) is 52.3 Å². The second-order valence-corrected chi connectivity index (χ2v) is 3.90. The first-order valence-corrected chi connectivity index (χ1v) is 4.84. The summed E-state index contributed by atoms with van der Waals surface area (Å²) in [5.74, 6) is 0.0463. The van der Waals surface area contributed by atoms with Crippen LogP contribution in [0.5, 0.6) is 5.75 Å². The molecular formula is C8H7ClINO2. The molecule has 0 saturated heterocycles. The summed E-state index contributed by atoms with van der Waals surface area (Å²) < 4.78 is 5.70. The highest BCUT2D eigenvalue weighted by Gasteiger charge is 2.10. The molecule has 0 aliphatic heterocycles. The molecule has 0 bridgehead atoms. The molecule has 3 nitrogen and oxygen atoms in total. The predicted molar refractivity (Wildman–Crippen MR) is 59.2 cm³/mol. The summed E-state index contributed by atoms with van der Waals surface area (Å²) >= 11 is 7.81. The fourth-order valence-electron chi connectivity index (χ4n) is 0.874. The number of benzene rings is 1. The standard InChI is InChI=1S/C8H7ClINO2/c1-13-7-3-6(10)4(8(11)12)2-5(7)9/h2-3H,1H3,(H2,11,12). The molecule has 0 radical (unpaired) electrons. The van der Waals surface area contributed by atoms with Crippen molar-refractivity contribution in [1.82, 2.24) is 0 Å². The maximum Gasteiger partial charge on any atom is 0.249 e. The van der Waals surface area contributed by atoms with Crippen molar-refractivity contribution in [1.29, 1.82) is 0 Å². The summed E-state index contributed by atoms with van der Waals surface area (Å²) in [6, 6.07) is 3.17. The number of rotatable bonds is 2. The molecule has 0 aliphatic rings. The van der Waals surface area contributed by atoms with Crippen LogP contribution in [0.15, 0.2) is 12.1 Å². The minimum atomic E-state index is -0.492. The van der Waals surface area contributed by atoms with E-state index in [0.29, 0.717) is 16.3 Å². The van der Waals surface area contributed by atoms with Crippen LogP contribution < -0.4 is 10.5 Å². The third-order valence-electron chi connectivity index (χ3n) is 1.51. The van der Waals surface area contributed by atoms with Gasteiger partial charge in [-0.15, -0.1) is 0 Å². The van der Waals surface area contributed by atoms with Crippen LogP contribution in [0, 0.1) is 3.57 Å². The Balaban J connectivity index is 3.28. The first-order chi connectivity index (χ1) is 6.06. The zero-order valence-electron chi connectivity index (χ0n) is 6.80. The molecule has 0 unspecified atom stereocenters. The quantitative estimate of drug-likeness (QED) is 0.850. The summed E-state index contributed by atoms with van der Waals surface area (Å²) in [6.45, 7) is 0. The Morgan fingerprint density at radius 1 is 1.62 bits per heavy atom. The van der Waals surface area contributed by atoms with Gasteiger partial charge in [0, 0.05) is 3.57 Å². The number of hydrogen-bond donors (Lipinski definition) is 1. The highest BCUT2D eigenvalue weighted by molar-refractivity contribution is 14.1. The highest BCUT2D eigenvalue weighted by Crippen LogP contribution is 2.28. The molecular weight excluding hydrogens is 304 g/mol. The third kappa shape index (κ3) is 2.25. The van der Waals surface area contributed by atoms with Gasteiger partial charge in [0.15, 0.2) is 0 Å². The average Bonchev–Trinajstić information content (AvgIpc) is 2.07. The molecule has 0 heterocycles. The van der Waals surface area contributed by atoms with E-state index in [2.05, 4.69) is 0 Å². The van der Waals surface area contributed by atoms with E-state index >= 15 is 0 Å². The number of primary amides is 1. The molecule has 2 N–H and O–H groups in total. The van der Waals surface area contributed by atoms with Crippen LogP contribution in [-0.4, -0.2) is 13.0 Å². The minimum Gasteiger partial charge on any atom is -0.495 e. The molecule has 0 aliphatic carbocycles. The molecule has 0 saturated carbocycles. The van der Waals surface area contributed by atoms with Crippen LogP contribution in [0.3, 0.4) is 0 Å². The van der Waals surface area contributed by atoms with Crippen molar-refractivity contribution in [3.8, 4) is 5.75 Å². The third-order valence-corrected chi connectivity index (χ3v) is 2.69. The summed E-state index contributed by atoms with van der Waals surface area (Å²) in [7, 11) is 1.52. The molecule has 13 heavy (non-hydrogen) atoms. The zero-order chi connectivity index (χ0) is 10.0. The van der Waals surface area contributed by atoms with Crippen LogP contribution in [0.2, 0.25) is 5.02 Å². The van der Waals surface area contributed by atoms with Gasteiger partial charge >= 0.3 is 0 Å². The molecule has 1 aromatic rings. The summed E-state index contributed by atoms with van der Waals surface area (Å²) in [5.41, 5.74) is 5.54. The SMILES string of the molecule is COc1cc(I)c(C(N)=O)cc1Cl. The summed E-state index contributed by atoms with van der Waals surface area (Å²) in [4.78, 5) is 10.9. The Labute approximate surface area is 94.3 Å². The number of hydrogen-bond acceptors (Lipinski definition) is 2. The molecule has 1 rings (SSSR count). The van der Waals surface area contributed by atoms with Crippen LogP contribution in [0.4, 0.5) is 0 Å². The van der Waals surface area contributed by atoms with Crippen molar-refractivity contribution in [3.05, 3.63) is 26.3 Å². The summed E-state index contributed by atoms with van der Waals surface area (Å²) in [5, 5.41) is 0.386. The highest BCUT2D eigenvalue weighted by atomic mass is 127. The lowest BCUT2D eigenvalue weighted by Gasteiger charge is -2.06. The molecule has 0 fully saturated rings. The molecule has 0 atom stereocenters. The molecule has 70 valence electrons. The van der Waals surface area contributed by atoms with Gasteiger partial charge in [-0.25, -0.2) is 0 Å². The van der Waals surface area contributed by atoms with Gasteiger partial charge in [0.25, 0.3) is 0 Å². The molecule has 1 amide bonds. The Morgan fingerprint density at radius 2 is 2.23 bits per heavy atom. The van der Waals surface area contributed by atoms with Gasteiger partial charge < -0.3 is 10.5 Å². The number of carbonyl (C=O) groups excluding carboxylic acids is 1. The van der Waals surface area contributed by atoms with Crippen LogP contribution in [0.1, 0.15) is 10.4 Å². The van der Waals surface area contributed by atoms with Crippen LogP contribution in [0.25, 0.3) is 0 Å². The van der Waals surface area contributed by atoms with Crippen molar-refractivity contribution < 1.29 is 9.53 Å². The normalized spacial score (nSPS) is 9.77. The largest absolute Gasteiger partial charge is 0.495 e. The molecule has 1 aromatic carbocycles. The fraction of sp³-hybridized carbons (Fsp3) is 0.125. The second kappa shape index (κ2) is 4.15. The van der Waals surface area contributed by atoms with E-state index < -0.39 is 5.91 Å². The van der Waals surface area contributed by atoms with E-state index in [0.717, 1.165) is 3.57 Å². The van der Waals surface area contributed by atoms with Crippen molar-refractivity contribution in [2.45, 2.75) is 0 Å². The number of nitrogens with two attached hydrogens (primary N) is 1. The van der Waals surface area contributed by atoms with Gasteiger partial charge in [-0.3, -0.25) is 4.79 Å². The van der Waals surface area contributed by atoms with E-state index in [1.165, 1.54) is 13.2 Å². The van der Waals surface area contributed by atoms with Crippen molar-refractivity contribution in [3.63, 3.8) is 0 Å². The van der Waals surface area contributed by atoms with Gasteiger partial charge in [-0.1, -0.05) is 11.6 Å². The zero-order valence-corrected chi connectivity index (χ0v) is 9.72. The fourth-order valence-corrected chi connectivity index (χ4v) is 1.82. The minimum absolute atomic E-state index is 0.386. The van der Waals surface area contributed by atoms with Crippen molar-refractivity contribution in [2.24, 2.45) is 5.73 Å². The van der Waals surface area contributed by atoms with E-state index in [-0.39, 0.29) is 0 Å². The molecule has 0 aromatic heterocycles. The van der Waals surface area contributed by atoms with E-state index in [9.17, 15) is 4.79 Å².